The van der Waals surface area contributed by atoms with E-state index in [2.05, 4.69) is 45.3 Å². The van der Waals surface area contributed by atoms with Crippen LogP contribution in [0.15, 0.2) is 0 Å². The molecule has 1 unspecified atom stereocenters. The van der Waals surface area contributed by atoms with Crippen LogP contribution in [0.5, 0.6) is 0 Å². The summed E-state index contributed by atoms with van der Waals surface area (Å²) in [5, 5.41) is 6.87. The molecule has 0 radical (unpaired) electrons. The van der Waals surface area contributed by atoms with Gasteiger partial charge in [-0.2, -0.15) is 0 Å². The van der Waals surface area contributed by atoms with E-state index in [9.17, 15) is 0 Å². The number of hydrogen-bond donors (Lipinski definition) is 2. The molecule has 1 atom stereocenters. The second kappa shape index (κ2) is 7.24. The quantitative estimate of drug-likeness (QED) is 0.616. The lowest BCUT2D eigenvalue weighted by Crippen LogP contribution is -2.34. The lowest BCUT2D eigenvalue weighted by Gasteiger charge is -2.27. The highest BCUT2D eigenvalue weighted by Crippen LogP contribution is 2.24. The van der Waals surface area contributed by atoms with Crippen molar-refractivity contribution in [1.29, 1.82) is 0 Å². The molecule has 2 N–H and O–H groups in total. The first kappa shape index (κ1) is 13.9. The highest BCUT2D eigenvalue weighted by molar-refractivity contribution is 4.71. The molecule has 0 aromatic carbocycles. The average molecular weight is 200 g/mol. The lowest BCUT2D eigenvalue weighted by molar-refractivity contribution is 0.253. The van der Waals surface area contributed by atoms with Gasteiger partial charge < -0.3 is 10.6 Å². The maximum Gasteiger partial charge on any atom is 0.00768 e. The molecule has 0 aliphatic rings. The predicted molar refractivity (Wildman–Crippen MR) is 64.6 cm³/mol. The molecule has 0 heterocycles. The van der Waals surface area contributed by atoms with Gasteiger partial charge in [-0.15, -0.1) is 0 Å². The summed E-state index contributed by atoms with van der Waals surface area (Å²) >= 11 is 0. The van der Waals surface area contributed by atoms with Crippen molar-refractivity contribution in [2.45, 2.75) is 41.0 Å². The summed E-state index contributed by atoms with van der Waals surface area (Å²) in [6, 6.07) is 0. The third-order valence-electron chi connectivity index (χ3n) is 2.83. The van der Waals surface area contributed by atoms with Gasteiger partial charge in [0.15, 0.2) is 0 Å². The molecule has 0 aromatic rings. The first-order valence-corrected chi connectivity index (χ1v) is 5.90. The maximum atomic E-state index is 3.49. The van der Waals surface area contributed by atoms with Crippen LogP contribution in [0.1, 0.15) is 41.0 Å². The van der Waals surface area contributed by atoms with E-state index in [-0.39, 0.29) is 0 Å². The van der Waals surface area contributed by atoms with E-state index in [1.54, 1.807) is 0 Å². The standard InChI is InChI=1S/C12H28N2/c1-6-7-13-8-9-14-10-11(2)12(3,4)5/h11,13-14H,6-10H2,1-5H3. The van der Waals surface area contributed by atoms with Gasteiger partial charge in [-0.05, 0) is 30.8 Å². The Morgan fingerprint density at radius 1 is 1.00 bits per heavy atom. The Labute approximate surface area is 89.9 Å². The van der Waals surface area contributed by atoms with Crippen LogP contribution in [0.3, 0.4) is 0 Å². The zero-order valence-corrected chi connectivity index (χ0v) is 10.6. The maximum absolute atomic E-state index is 3.49. The first-order chi connectivity index (χ1) is 6.48. The van der Waals surface area contributed by atoms with E-state index < -0.39 is 0 Å². The minimum atomic E-state index is 0.420. The largest absolute Gasteiger partial charge is 0.315 e. The molecule has 0 rings (SSSR count). The second-order valence-corrected chi connectivity index (χ2v) is 5.22. The van der Waals surface area contributed by atoms with Crippen LogP contribution in [-0.4, -0.2) is 26.2 Å². The molecule has 86 valence electrons. The van der Waals surface area contributed by atoms with Gasteiger partial charge in [0, 0.05) is 13.1 Å². The number of rotatable bonds is 7. The van der Waals surface area contributed by atoms with E-state index in [0.29, 0.717) is 5.41 Å². The fourth-order valence-corrected chi connectivity index (χ4v) is 1.10. The Hall–Kier alpha value is -0.0800. The minimum absolute atomic E-state index is 0.420. The molecular weight excluding hydrogens is 172 g/mol. The van der Waals surface area contributed by atoms with Crippen molar-refractivity contribution < 1.29 is 0 Å². The second-order valence-electron chi connectivity index (χ2n) is 5.22. The van der Waals surface area contributed by atoms with Crippen LogP contribution in [-0.2, 0) is 0 Å². The van der Waals surface area contributed by atoms with Crippen LogP contribution in [0.4, 0.5) is 0 Å². The van der Waals surface area contributed by atoms with Gasteiger partial charge in [0.05, 0.1) is 0 Å². The normalized spacial score (nSPS) is 14.4. The smallest absolute Gasteiger partial charge is 0.00768 e. The van der Waals surface area contributed by atoms with E-state index in [1.165, 1.54) is 6.42 Å². The Morgan fingerprint density at radius 3 is 2.07 bits per heavy atom. The highest BCUT2D eigenvalue weighted by Gasteiger charge is 2.18. The van der Waals surface area contributed by atoms with Crippen LogP contribution < -0.4 is 10.6 Å². The summed E-state index contributed by atoms with van der Waals surface area (Å²) in [6.45, 7) is 15.8. The van der Waals surface area contributed by atoms with Gasteiger partial charge in [-0.3, -0.25) is 0 Å². The number of hydrogen-bond acceptors (Lipinski definition) is 2. The third kappa shape index (κ3) is 7.34. The molecule has 0 saturated heterocycles. The van der Waals surface area contributed by atoms with Gasteiger partial charge in [0.1, 0.15) is 0 Å². The molecule has 14 heavy (non-hydrogen) atoms. The summed E-state index contributed by atoms with van der Waals surface area (Å²) in [5.74, 6) is 0.730. The molecule has 0 saturated carbocycles. The summed E-state index contributed by atoms with van der Waals surface area (Å²) in [7, 11) is 0. The Kier molecular flexibility index (Phi) is 7.20. The molecule has 0 bridgehead atoms. The van der Waals surface area contributed by atoms with Crippen molar-refractivity contribution >= 4 is 0 Å². The molecule has 0 spiro atoms. The Bertz CT molecular complexity index is 127. The fourth-order valence-electron chi connectivity index (χ4n) is 1.10. The van der Waals surface area contributed by atoms with Crippen LogP contribution in [0.2, 0.25) is 0 Å². The summed E-state index contributed by atoms with van der Waals surface area (Å²) in [5.41, 5.74) is 0.420. The minimum Gasteiger partial charge on any atom is -0.315 e. The molecule has 2 nitrogen and oxygen atoms in total. The topological polar surface area (TPSA) is 24.1 Å². The van der Waals surface area contributed by atoms with Crippen molar-refractivity contribution in [3.8, 4) is 0 Å². The van der Waals surface area contributed by atoms with Gasteiger partial charge >= 0.3 is 0 Å². The van der Waals surface area contributed by atoms with Gasteiger partial charge in [-0.1, -0.05) is 34.6 Å². The van der Waals surface area contributed by atoms with Gasteiger partial charge in [0.2, 0.25) is 0 Å². The van der Waals surface area contributed by atoms with Crippen molar-refractivity contribution in [2.75, 3.05) is 26.2 Å². The molecule has 0 aromatic heterocycles. The molecule has 0 amide bonds. The van der Waals surface area contributed by atoms with Gasteiger partial charge in [0.25, 0.3) is 0 Å². The summed E-state index contributed by atoms with van der Waals surface area (Å²) < 4.78 is 0. The number of nitrogens with one attached hydrogen (secondary N) is 2. The molecule has 2 heteroatoms. The zero-order chi connectivity index (χ0) is 11.0. The summed E-state index contributed by atoms with van der Waals surface area (Å²) in [6.07, 6.45) is 1.22. The fraction of sp³-hybridized carbons (Fsp3) is 1.00. The van der Waals surface area contributed by atoms with E-state index in [1.807, 2.05) is 0 Å². The molecule has 0 aliphatic heterocycles. The van der Waals surface area contributed by atoms with Crippen molar-refractivity contribution in [2.24, 2.45) is 11.3 Å². The van der Waals surface area contributed by atoms with E-state index in [4.69, 9.17) is 0 Å². The molecular formula is C12H28N2. The first-order valence-electron chi connectivity index (χ1n) is 5.90. The summed E-state index contributed by atoms with van der Waals surface area (Å²) in [4.78, 5) is 0. The van der Waals surface area contributed by atoms with Crippen LogP contribution in [0, 0.1) is 11.3 Å². The van der Waals surface area contributed by atoms with E-state index >= 15 is 0 Å². The SMILES string of the molecule is CCCNCCNCC(C)C(C)(C)C. The monoisotopic (exact) mass is 200 g/mol. The molecule has 0 fully saturated rings. The Balaban J connectivity index is 3.28. The van der Waals surface area contributed by atoms with Crippen LogP contribution in [0.25, 0.3) is 0 Å². The zero-order valence-electron chi connectivity index (χ0n) is 10.6. The van der Waals surface area contributed by atoms with Crippen LogP contribution >= 0.6 is 0 Å². The lowest BCUT2D eigenvalue weighted by atomic mass is 9.82. The van der Waals surface area contributed by atoms with Crippen molar-refractivity contribution in [3.63, 3.8) is 0 Å². The molecule has 0 aliphatic carbocycles. The van der Waals surface area contributed by atoms with Crippen molar-refractivity contribution in [1.82, 2.24) is 10.6 Å². The van der Waals surface area contributed by atoms with Crippen molar-refractivity contribution in [3.05, 3.63) is 0 Å². The van der Waals surface area contributed by atoms with Gasteiger partial charge in [-0.25, -0.2) is 0 Å². The Morgan fingerprint density at radius 2 is 1.57 bits per heavy atom. The highest BCUT2D eigenvalue weighted by atomic mass is 14.9. The third-order valence-corrected chi connectivity index (χ3v) is 2.83. The predicted octanol–water partition coefficient (Wildman–Crippen LogP) is 2.26. The van der Waals surface area contributed by atoms with E-state index in [0.717, 1.165) is 32.1 Å². The average Bonchev–Trinajstić information content (AvgIpc) is 2.09.